The highest BCUT2D eigenvalue weighted by atomic mass is 35.5. The Morgan fingerprint density at radius 3 is 2.45 bits per heavy atom. The topological polar surface area (TPSA) is 104 Å². The van der Waals surface area contributed by atoms with Crippen molar-refractivity contribution in [3.8, 4) is 5.75 Å². The Balaban J connectivity index is 1.46. The molecule has 0 fully saturated rings. The molecule has 10 heteroatoms. The summed E-state index contributed by atoms with van der Waals surface area (Å²) in [7, 11) is 0. The molecule has 2 N–H and O–H groups in total. The van der Waals surface area contributed by atoms with Gasteiger partial charge in [-0.1, -0.05) is 101 Å². The van der Waals surface area contributed by atoms with Crippen molar-refractivity contribution in [1.29, 1.82) is 0 Å². The molecule has 1 aliphatic rings. The molecule has 0 aliphatic carbocycles. The first-order chi connectivity index (χ1) is 18.4. The number of phenolic OH excluding ortho intramolecular Hbond substituents is 1. The number of ketones is 1. The lowest BCUT2D eigenvalue weighted by atomic mass is 9.95. The Kier molecular flexibility index (Phi) is 7.59. The van der Waals surface area contributed by atoms with Crippen molar-refractivity contribution < 1.29 is 19.8 Å². The highest BCUT2D eigenvalue weighted by molar-refractivity contribution is 8.00. The Hall–Kier alpha value is -3.92. The zero-order chi connectivity index (χ0) is 26.6. The van der Waals surface area contributed by atoms with Crippen LogP contribution in [-0.2, 0) is 15.3 Å². The maximum Gasteiger partial charge on any atom is 0.296 e. The van der Waals surface area contributed by atoms with Crippen LogP contribution in [0.2, 0.25) is 5.02 Å². The van der Waals surface area contributed by atoms with E-state index in [0.717, 1.165) is 11.1 Å². The molecule has 0 saturated heterocycles. The van der Waals surface area contributed by atoms with Crippen molar-refractivity contribution in [2.24, 2.45) is 0 Å². The largest absolute Gasteiger partial charge is 0.508 e. The molecule has 1 unspecified atom stereocenters. The van der Waals surface area contributed by atoms with E-state index in [1.165, 1.54) is 46.2 Å². The van der Waals surface area contributed by atoms with Crippen LogP contribution in [0.25, 0.3) is 6.08 Å². The molecule has 1 aliphatic heterocycles. The lowest BCUT2D eigenvalue weighted by Gasteiger charge is -2.23. The number of carbonyl (C=O) groups excluding carboxylic acids is 2. The molecular formula is C28H20ClN3O4S2. The minimum Gasteiger partial charge on any atom is -0.508 e. The smallest absolute Gasteiger partial charge is 0.296 e. The third kappa shape index (κ3) is 5.35. The van der Waals surface area contributed by atoms with Crippen molar-refractivity contribution >= 4 is 57.6 Å². The third-order valence-electron chi connectivity index (χ3n) is 5.82. The normalized spacial score (nSPS) is 15.6. The van der Waals surface area contributed by atoms with Crippen LogP contribution >= 0.6 is 34.7 Å². The van der Waals surface area contributed by atoms with Gasteiger partial charge >= 0.3 is 0 Å². The quantitative estimate of drug-likeness (QED) is 0.146. The lowest BCUT2D eigenvalue weighted by molar-refractivity contribution is -0.117. The van der Waals surface area contributed by atoms with E-state index in [4.69, 9.17) is 11.6 Å². The predicted molar refractivity (Wildman–Crippen MR) is 149 cm³/mol. The number of halogens is 1. The highest BCUT2D eigenvalue weighted by Gasteiger charge is 2.45. The number of benzene rings is 3. The van der Waals surface area contributed by atoms with E-state index in [0.29, 0.717) is 20.7 Å². The fourth-order valence-corrected chi connectivity index (χ4v) is 6.12. The molecule has 38 heavy (non-hydrogen) atoms. The van der Waals surface area contributed by atoms with E-state index in [-0.39, 0.29) is 16.5 Å². The van der Waals surface area contributed by atoms with Gasteiger partial charge in [0.2, 0.25) is 5.13 Å². The number of hydrogen-bond donors (Lipinski definition) is 2. The second-order valence-corrected chi connectivity index (χ2v) is 10.9. The molecule has 0 spiro atoms. The van der Waals surface area contributed by atoms with Gasteiger partial charge in [-0.15, -0.1) is 10.2 Å². The monoisotopic (exact) mass is 561 g/mol. The first kappa shape index (κ1) is 25.7. The van der Waals surface area contributed by atoms with Crippen molar-refractivity contribution in [1.82, 2.24) is 10.2 Å². The number of aromatic nitrogens is 2. The molecule has 2 heterocycles. The van der Waals surface area contributed by atoms with Gasteiger partial charge < -0.3 is 10.2 Å². The summed E-state index contributed by atoms with van der Waals surface area (Å²) in [6, 6.07) is 21.9. The predicted octanol–water partition coefficient (Wildman–Crippen LogP) is 6.37. The third-order valence-corrected chi connectivity index (χ3v) is 8.29. The number of amides is 1. The number of allylic oxidation sites excluding steroid dienone is 1. The van der Waals surface area contributed by atoms with Crippen LogP contribution in [0.5, 0.6) is 5.75 Å². The minimum atomic E-state index is -0.953. The van der Waals surface area contributed by atoms with Gasteiger partial charge in [0.1, 0.15) is 5.75 Å². The van der Waals surface area contributed by atoms with E-state index in [1.807, 2.05) is 54.6 Å². The first-order valence-corrected chi connectivity index (χ1v) is 13.6. The van der Waals surface area contributed by atoms with Gasteiger partial charge in [0, 0.05) is 10.8 Å². The summed E-state index contributed by atoms with van der Waals surface area (Å²) in [6.07, 6.45) is 2.95. The van der Waals surface area contributed by atoms with Crippen LogP contribution in [0.3, 0.4) is 0 Å². The maximum absolute atomic E-state index is 13.3. The van der Waals surface area contributed by atoms with E-state index in [9.17, 15) is 19.8 Å². The van der Waals surface area contributed by atoms with E-state index < -0.39 is 23.5 Å². The number of nitrogens with zero attached hydrogens (tertiary/aromatic N) is 3. The molecule has 0 bridgehead atoms. The molecule has 5 rings (SSSR count). The van der Waals surface area contributed by atoms with Crippen molar-refractivity contribution in [2.75, 3.05) is 4.90 Å². The molecule has 190 valence electrons. The summed E-state index contributed by atoms with van der Waals surface area (Å²) in [5.41, 5.74) is 2.19. The number of hydrogen-bond acceptors (Lipinski definition) is 8. The minimum absolute atomic E-state index is 0.0313. The van der Waals surface area contributed by atoms with E-state index in [1.54, 1.807) is 18.2 Å². The summed E-state index contributed by atoms with van der Waals surface area (Å²) in [6.45, 7) is 0. The van der Waals surface area contributed by atoms with Crippen LogP contribution in [0.15, 0.2) is 101 Å². The molecule has 1 amide bonds. The maximum atomic E-state index is 13.3. The van der Waals surface area contributed by atoms with Gasteiger partial charge in [-0.3, -0.25) is 14.5 Å². The van der Waals surface area contributed by atoms with Crippen LogP contribution in [-0.4, -0.2) is 32.1 Å². The summed E-state index contributed by atoms with van der Waals surface area (Å²) < 4.78 is 0.598. The van der Waals surface area contributed by atoms with Gasteiger partial charge in [0.25, 0.3) is 5.91 Å². The average Bonchev–Trinajstić information content (AvgIpc) is 3.50. The number of aliphatic hydroxyl groups excluding tert-OH is 1. The van der Waals surface area contributed by atoms with Crippen LogP contribution < -0.4 is 4.90 Å². The number of aliphatic hydroxyl groups is 1. The molecule has 3 aromatic carbocycles. The Morgan fingerprint density at radius 1 is 1.00 bits per heavy atom. The summed E-state index contributed by atoms with van der Waals surface area (Å²) >= 11 is 8.84. The number of anilines is 1. The van der Waals surface area contributed by atoms with Gasteiger partial charge in [-0.25, -0.2) is 0 Å². The average molecular weight is 562 g/mol. The number of aromatic hydroxyl groups is 1. The molecule has 0 radical (unpaired) electrons. The SMILES string of the molecule is O=C(/C=C/c1ccccc1)C1=C(O)C(=O)N(c2nnc(SCc3ccccc3Cl)s2)C1c1ccc(O)cc1. The van der Waals surface area contributed by atoms with Crippen LogP contribution in [0, 0.1) is 0 Å². The summed E-state index contributed by atoms with van der Waals surface area (Å²) in [4.78, 5) is 27.9. The number of phenols is 1. The molecule has 1 atom stereocenters. The van der Waals surface area contributed by atoms with E-state index in [2.05, 4.69) is 10.2 Å². The Morgan fingerprint density at radius 2 is 1.71 bits per heavy atom. The van der Waals surface area contributed by atoms with Crippen molar-refractivity contribution in [2.45, 2.75) is 16.1 Å². The van der Waals surface area contributed by atoms with E-state index >= 15 is 0 Å². The van der Waals surface area contributed by atoms with Crippen molar-refractivity contribution in [3.63, 3.8) is 0 Å². The molecule has 0 saturated carbocycles. The summed E-state index contributed by atoms with van der Waals surface area (Å²) in [5.74, 6) is -1.33. The fourth-order valence-electron chi connectivity index (χ4n) is 3.97. The Bertz CT molecular complexity index is 1550. The standard InChI is InChI=1S/C28H20ClN3O4S2/c29-21-9-5-4-8-19(21)16-37-28-31-30-27(38-28)32-24(18-11-13-20(33)14-12-18)23(25(35)26(32)36)22(34)15-10-17-6-2-1-3-7-17/h1-15,24,33,35H,16H2/b15-10+. The molecule has 4 aromatic rings. The molecular weight excluding hydrogens is 542 g/mol. The fraction of sp³-hybridized carbons (Fsp3) is 0.0714. The van der Waals surface area contributed by atoms with Crippen molar-refractivity contribution in [3.05, 3.63) is 118 Å². The zero-order valence-corrected chi connectivity index (χ0v) is 22.1. The number of thioether (sulfide) groups is 1. The number of rotatable bonds is 8. The van der Waals surface area contributed by atoms with Gasteiger partial charge in [-0.2, -0.15) is 0 Å². The van der Waals surface area contributed by atoms with Gasteiger partial charge in [0.15, 0.2) is 15.9 Å². The lowest BCUT2D eigenvalue weighted by Crippen LogP contribution is -2.30. The van der Waals surface area contributed by atoms with Gasteiger partial charge in [-0.05, 0) is 41.0 Å². The highest BCUT2D eigenvalue weighted by Crippen LogP contribution is 2.43. The molecule has 1 aromatic heterocycles. The Labute approximate surface area is 231 Å². The summed E-state index contributed by atoms with van der Waals surface area (Å²) in [5, 5.41) is 29.9. The van der Waals surface area contributed by atoms with Crippen LogP contribution in [0.1, 0.15) is 22.7 Å². The van der Waals surface area contributed by atoms with Gasteiger partial charge in [0.05, 0.1) is 11.6 Å². The molecule has 7 nitrogen and oxygen atoms in total. The second-order valence-electron chi connectivity index (χ2n) is 8.27. The number of carbonyl (C=O) groups is 2. The zero-order valence-electron chi connectivity index (χ0n) is 19.7. The second kappa shape index (κ2) is 11.2. The van der Waals surface area contributed by atoms with Crippen LogP contribution in [0.4, 0.5) is 5.13 Å². The first-order valence-electron chi connectivity index (χ1n) is 11.4.